The first-order valence-corrected chi connectivity index (χ1v) is 9.46. The number of rotatable bonds is 8. The van der Waals surface area contributed by atoms with Crippen LogP contribution in [0.3, 0.4) is 0 Å². The number of nitrogens with zero attached hydrogens (tertiary/aromatic N) is 2. The van der Waals surface area contributed by atoms with Crippen LogP contribution in [0.1, 0.15) is 30.0 Å². The van der Waals surface area contributed by atoms with Crippen LogP contribution in [0.5, 0.6) is 5.75 Å². The summed E-state index contributed by atoms with van der Waals surface area (Å²) in [6.45, 7) is 8.55. The molecule has 0 unspecified atom stereocenters. The van der Waals surface area contributed by atoms with Gasteiger partial charge in [0.2, 0.25) is 11.8 Å². The van der Waals surface area contributed by atoms with E-state index in [-0.39, 0.29) is 24.8 Å². The van der Waals surface area contributed by atoms with Crippen molar-refractivity contribution in [3.05, 3.63) is 28.8 Å². The molecular formula is C20H31N3O4. The number of carbonyl (C=O) groups excluding carboxylic acids is 2. The number of hydrogen-bond donors (Lipinski definition) is 2. The zero-order valence-corrected chi connectivity index (χ0v) is 16.7. The van der Waals surface area contributed by atoms with E-state index in [1.807, 2.05) is 26.0 Å². The van der Waals surface area contributed by atoms with Crippen LogP contribution in [0.15, 0.2) is 12.1 Å². The van der Waals surface area contributed by atoms with Crippen molar-refractivity contribution in [3.63, 3.8) is 0 Å². The lowest BCUT2D eigenvalue weighted by Gasteiger charge is -2.36. The van der Waals surface area contributed by atoms with Crippen LogP contribution in [0.2, 0.25) is 0 Å². The molecule has 7 nitrogen and oxygen atoms in total. The van der Waals surface area contributed by atoms with Crippen molar-refractivity contribution in [2.24, 2.45) is 0 Å². The molecule has 7 heteroatoms. The molecule has 0 bridgehead atoms. The number of likely N-dealkylation sites (N-methyl/N-ethyl adjacent to an activating group) is 1. The van der Waals surface area contributed by atoms with Crippen molar-refractivity contribution in [3.8, 4) is 5.75 Å². The largest absolute Gasteiger partial charge is 0.496 e. The number of hydrogen-bond acceptors (Lipinski definition) is 5. The van der Waals surface area contributed by atoms with Crippen LogP contribution in [0, 0.1) is 13.8 Å². The minimum Gasteiger partial charge on any atom is -0.496 e. The summed E-state index contributed by atoms with van der Waals surface area (Å²) in [5.41, 5.74) is 3.35. The van der Waals surface area contributed by atoms with E-state index in [2.05, 4.69) is 17.1 Å². The number of piperazine rings is 1. The Morgan fingerprint density at radius 3 is 2.74 bits per heavy atom. The molecule has 1 atom stereocenters. The fraction of sp³-hybridized carbons (Fsp3) is 0.600. The van der Waals surface area contributed by atoms with E-state index < -0.39 is 6.04 Å². The lowest BCUT2D eigenvalue weighted by Crippen LogP contribution is -2.56. The van der Waals surface area contributed by atoms with Gasteiger partial charge in [-0.1, -0.05) is 6.07 Å². The van der Waals surface area contributed by atoms with Gasteiger partial charge in [0.1, 0.15) is 5.75 Å². The minimum absolute atomic E-state index is 0.0789. The molecule has 150 valence electrons. The smallest absolute Gasteiger partial charge is 0.237 e. The summed E-state index contributed by atoms with van der Waals surface area (Å²) in [6, 6.07) is 3.47. The lowest BCUT2D eigenvalue weighted by atomic mass is 10.00. The van der Waals surface area contributed by atoms with Gasteiger partial charge in [0.05, 0.1) is 26.2 Å². The number of amides is 2. The molecule has 1 aliphatic rings. The van der Waals surface area contributed by atoms with Crippen LogP contribution in [0.4, 0.5) is 0 Å². The molecular weight excluding hydrogens is 346 g/mol. The van der Waals surface area contributed by atoms with E-state index in [9.17, 15) is 9.59 Å². The van der Waals surface area contributed by atoms with Crippen molar-refractivity contribution in [2.45, 2.75) is 39.8 Å². The number of methoxy groups -OCH3 is 1. The molecule has 2 N–H and O–H groups in total. The standard InChI is InChI=1S/C20H31N3O4/c1-5-22(10-11-24)19(25)12-17-20(26)21-8-9-23(17)13-16-6-7-18(27-4)15(3)14(16)2/h6-7,17,24H,5,8-13H2,1-4H3,(H,21,26)/t17-/m0/s1. The van der Waals surface area contributed by atoms with E-state index in [0.29, 0.717) is 32.7 Å². The highest BCUT2D eigenvalue weighted by atomic mass is 16.5. The zero-order chi connectivity index (χ0) is 20.0. The van der Waals surface area contributed by atoms with Gasteiger partial charge in [-0.2, -0.15) is 0 Å². The normalized spacial score (nSPS) is 17.5. The number of benzene rings is 1. The number of carbonyl (C=O) groups is 2. The number of aliphatic hydroxyl groups is 1. The Balaban J connectivity index is 2.17. The average molecular weight is 377 g/mol. The Bertz CT molecular complexity index is 677. The molecule has 1 aromatic rings. The van der Waals surface area contributed by atoms with E-state index in [4.69, 9.17) is 9.84 Å². The Morgan fingerprint density at radius 2 is 2.11 bits per heavy atom. The fourth-order valence-electron chi connectivity index (χ4n) is 3.51. The summed E-state index contributed by atoms with van der Waals surface area (Å²) in [5.74, 6) is 0.626. The summed E-state index contributed by atoms with van der Waals surface area (Å²) < 4.78 is 5.37. The molecule has 1 saturated heterocycles. The fourth-order valence-corrected chi connectivity index (χ4v) is 3.51. The second-order valence-electron chi connectivity index (χ2n) is 6.86. The molecule has 1 fully saturated rings. The number of aliphatic hydroxyl groups excluding tert-OH is 1. The molecule has 1 aliphatic heterocycles. The Kier molecular flexibility index (Phi) is 7.62. The summed E-state index contributed by atoms with van der Waals surface area (Å²) in [7, 11) is 1.66. The van der Waals surface area contributed by atoms with E-state index in [1.54, 1.807) is 12.0 Å². The molecule has 0 aromatic heterocycles. The molecule has 27 heavy (non-hydrogen) atoms. The third-order valence-corrected chi connectivity index (χ3v) is 5.36. The molecule has 0 saturated carbocycles. The average Bonchev–Trinajstić information content (AvgIpc) is 2.66. The highest BCUT2D eigenvalue weighted by Crippen LogP contribution is 2.26. The van der Waals surface area contributed by atoms with Gasteiger partial charge in [-0.3, -0.25) is 14.5 Å². The van der Waals surface area contributed by atoms with Crippen molar-refractivity contribution < 1.29 is 19.4 Å². The van der Waals surface area contributed by atoms with Crippen molar-refractivity contribution in [2.75, 3.05) is 39.9 Å². The van der Waals surface area contributed by atoms with Gasteiger partial charge in [0.15, 0.2) is 0 Å². The summed E-state index contributed by atoms with van der Waals surface area (Å²) in [4.78, 5) is 28.7. The first-order chi connectivity index (χ1) is 12.9. The monoisotopic (exact) mass is 377 g/mol. The summed E-state index contributed by atoms with van der Waals surface area (Å²) in [6.07, 6.45) is 0.119. The zero-order valence-electron chi connectivity index (χ0n) is 16.7. The Labute approximate surface area is 161 Å². The lowest BCUT2D eigenvalue weighted by molar-refractivity contribution is -0.139. The summed E-state index contributed by atoms with van der Waals surface area (Å²) >= 11 is 0. The number of nitrogens with one attached hydrogen (secondary N) is 1. The first-order valence-electron chi connectivity index (χ1n) is 9.46. The maximum atomic E-state index is 12.6. The maximum absolute atomic E-state index is 12.6. The molecule has 2 rings (SSSR count). The topological polar surface area (TPSA) is 82.1 Å². The van der Waals surface area contributed by atoms with Crippen LogP contribution in [-0.4, -0.2) is 72.7 Å². The molecule has 1 aromatic carbocycles. The van der Waals surface area contributed by atoms with Gasteiger partial charge in [-0.05, 0) is 43.5 Å². The predicted molar refractivity (Wildman–Crippen MR) is 104 cm³/mol. The van der Waals surface area contributed by atoms with E-state index in [1.165, 1.54) is 0 Å². The third-order valence-electron chi connectivity index (χ3n) is 5.36. The van der Waals surface area contributed by atoms with Gasteiger partial charge >= 0.3 is 0 Å². The Morgan fingerprint density at radius 1 is 1.37 bits per heavy atom. The van der Waals surface area contributed by atoms with Gasteiger partial charge in [0.25, 0.3) is 0 Å². The molecule has 0 radical (unpaired) electrons. The van der Waals surface area contributed by atoms with Crippen molar-refractivity contribution >= 4 is 11.8 Å². The van der Waals surface area contributed by atoms with Crippen molar-refractivity contribution in [1.82, 2.24) is 15.1 Å². The van der Waals surface area contributed by atoms with Crippen molar-refractivity contribution in [1.29, 1.82) is 0 Å². The Hall–Kier alpha value is -2.12. The molecule has 0 spiro atoms. The van der Waals surface area contributed by atoms with Gasteiger partial charge in [0, 0.05) is 32.7 Å². The van der Waals surface area contributed by atoms with E-state index >= 15 is 0 Å². The highest BCUT2D eigenvalue weighted by Gasteiger charge is 2.33. The molecule has 0 aliphatic carbocycles. The third kappa shape index (κ3) is 4.99. The second kappa shape index (κ2) is 9.71. The predicted octanol–water partition coefficient (Wildman–Crippen LogP) is 0.843. The van der Waals surface area contributed by atoms with Crippen LogP contribution >= 0.6 is 0 Å². The summed E-state index contributed by atoms with van der Waals surface area (Å²) in [5, 5.41) is 12.0. The van der Waals surface area contributed by atoms with Crippen LogP contribution in [0.25, 0.3) is 0 Å². The van der Waals surface area contributed by atoms with Gasteiger partial charge < -0.3 is 20.1 Å². The quantitative estimate of drug-likeness (QED) is 0.702. The van der Waals surface area contributed by atoms with Crippen LogP contribution < -0.4 is 10.1 Å². The van der Waals surface area contributed by atoms with E-state index in [0.717, 1.165) is 22.4 Å². The second-order valence-corrected chi connectivity index (χ2v) is 6.86. The van der Waals surface area contributed by atoms with Gasteiger partial charge in [-0.15, -0.1) is 0 Å². The number of ether oxygens (including phenoxy) is 1. The van der Waals surface area contributed by atoms with Gasteiger partial charge in [-0.25, -0.2) is 0 Å². The molecule has 1 heterocycles. The minimum atomic E-state index is -0.499. The SMILES string of the molecule is CCN(CCO)C(=O)C[C@H]1C(=O)NCCN1Cc1ccc(OC)c(C)c1C. The maximum Gasteiger partial charge on any atom is 0.237 e. The highest BCUT2D eigenvalue weighted by molar-refractivity contribution is 5.88. The van der Waals surface area contributed by atoms with Crippen LogP contribution in [-0.2, 0) is 16.1 Å². The molecule has 2 amide bonds. The first kappa shape index (κ1) is 21.2.